The second-order valence-electron chi connectivity index (χ2n) is 4.66. The Labute approximate surface area is 103 Å². The van der Waals surface area contributed by atoms with Crippen LogP contribution in [0.3, 0.4) is 0 Å². The molecular formula is C14H21NO2. The van der Waals surface area contributed by atoms with Crippen molar-refractivity contribution >= 4 is 5.78 Å². The van der Waals surface area contributed by atoms with E-state index in [1.807, 2.05) is 39.0 Å². The topological polar surface area (TPSA) is 52.3 Å². The fourth-order valence-corrected chi connectivity index (χ4v) is 1.53. The van der Waals surface area contributed by atoms with E-state index in [0.29, 0.717) is 18.5 Å². The number of hydrogen-bond acceptors (Lipinski definition) is 3. The average molecular weight is 235 g/mol. The van der Waals surface area contributed by atoms with Crippen LogP contribution >= 0.6 is 0 Å². The molecule has 0 radical (unpaired) electrons. The maximum Gasteiger partial charge on any atom is 0.163 e. The molecule has 0 aliphatic rings. The molecule has 0 aliphatic carbocycles. The molecular weight excluding hydrogens is 214 g/mol. The van der Waals surface area contributed by atoms with Gasteiger partial charge in [0.25, 0.3) is 0 Å². The molecule has 0 heterocycles. The van der Waals surface area contributed by atoms with Crippen LogP contribution in [0.25, 0.3) is 0 Å². The van der Waals surface area contributed by atoms with Crippen molar-refractivity contribution in [1.82, 2.24) is 0 Å². The molecule has 94 valence electrons. The number of benzene rings is 1. The average Bonchev–Trinajstić information content (AvgIpc) is 2.28. The highest BCUT2D eigenvalue weighted by Gasteiger charge is 2.11. The van der Waals surface area contributed by atoms with Crippen LogP contribution in [0.2, 0.25) is 0 Å². The predicted octanol–water partition coefficient (Wildman–Crippen LogP) is 2.64. The molecule has 1 atom stereocenters. The highest BCUT2D eigenvalue weighted by atomic mass is 16.5. The molecule has 0 amide bonds. The van der Waals surface area contributed by atoms with E-state index in [-0.39, 0.29) is 17.8 Å². The number of Topliss-reactive ketones (excluding diaryl/α,β-unsaturated/α-hetero) is 1. The van der Waals surface area contributed by atoms with E-state index in [1.165, 1.54) is 0 Å². The van der Waals surface area contributed by atoms with Crippen molar-refractivity contribution in [3.05, 3.63) is 29.8 Å². The molecule has 0 fully saturated rings. The van der Waals surface area contributed by atoms with Crippen LogP contribution in [0, 0.1) is 5.92 Å². The smallest absolute Gasteiger partial charge is 0.163 e. The first kappa shape index (κ1) is 13.7. The van der Waals surface area contributed by atoms with Crippen LogP contribution in [0.4, 0.5) is 0 Å². The fraction of sp³-hybridized carbons (Fsp3) is 0.500. The Kier molecular flexibility index (Phi) is 5.16. The second kappa shape index (κ2) is 6.40. The van der Waals surface area contributed by atoms with E-state index in [0.717, 1.165) is 5.75 Å². The largest absolute Gasteiger partial charge is 0.491 e. The molecule has 0 aliphatic heterocycles. The molecule has 3 nitrogen and oxygen atoms in total. The van der Waals surface area contributed by atoms with Crippen LogP contribution in [0.1, 0.15) is 37.6 Å². The lowest BCUT2D eigenvalue weighted by molar-refractivity contribution is 0.0965. The van der Waals surface area contributed by atoms with Crippen LogP contribution in [-0.4, -0.2) is 18.4 Å². The lowest BCUT2D eigenvalue weighted by Crippen LogP contribution is -2.15. The number of ether oxygens (including phenoxy) is 1. The van der Waals surface area contributed by atoms with Gasteiger partial charge in [0.05, 0.1) is 6.10 Å². The highest BCUT2D eigenvalue weighted by Crippen LogP contribution is 2.17. The summed E-state index contributed by atoms with van der Waals surface area (Å²) in [7, 11) is 0. The van der Waals surface area contributed by atoms with Gasteiger partial charge in [-0.3, -0.25) is 4.79 Å². The number of ketones is 1. The Morgan fingerprint density at radius 1 is 1.35 bits per heavy atom. The Balaban J connectivity index is 2.73. The van der Waals surface area contributed by atoms with Crippen molar-refractivity contribution in [2.24, 2.45) is 11.7 Å². The molecule has 3 heteroatoms. The maximum absolute atomic E-state index is 11.9. The standard InChI is InChI=1S/C14H21NO2/c1-10(2)17-13-6-4-5-12(8-13)14(16)7-11(3)9-15/h4-6,8,10-11H,7,9,15H2,1-3H3. The zero-order chi connectivity index (χ0) is 12.8. The van der Waals surface area contributed by atoms with Crippen molar-refractivity contribution in [3.63, 3.8) is 0 Å². The van der Waals surface area contributed by atoms with Gasteiger partial charge in [0, 0.05) is 12.0 Å². The summed E-state index contributed by atoms with van der Waals surface area (Å²) in [5.74, 6) is 1.08. The fourth-order valence-electron chi connectivity index (χ4n) is 1.53. The quantitative estimate of drug-likeness (QED) is 0.771. The Hall–Kier alpha value is -1.35. The van der Waals surface area contributed by atoms with Gasteiger partial charge in [0.2, 0.25) is 0 Å². The summed E-state index contributed by atoms with van der Waals surface area (Å²) >= 11 is 0. The van der Waals surface area contributed by atoms with Crippen molar-refractivity contribution in [2.45, 2.75) is 33.3 Å². The molecule has 1 unspecified atom stereocenters. The summed E-state index contributed by atoms with van der Waals surface area (Å²) in [6.07, 6.45) is 0.602. The summed E-state index contributed by atoms with van der Waals surface area (Å²) in [5, 5.41) is 0. The third-order valence-corrected chi connectivity index (χ3v) is 2.46. The molecule has 0 aromatic heterocycles. The Morgan fingerprint density at radius 2 is 2.06 bits per heavy atom. The monoisotopic (exact) mass is 235 g/mol. The third kappa shape index (κ3) is 4.57. The summed E-state index contributed by atoms with van der Waals surface area (Å²) in [6.45, 7) is 6.44. The molecule has 0 saturated carbocycles. The normalized spacial score (nSPS) is 12.5. The van der Waals surface area contributed by atoms with E-state index >= 15 is 0 Å². The minimum absolute atomic E-state index is 0.114. The SMILES string of the molecule is CC(CN)CC(=O)c1cccc(OC(C)C)c1. The number of carbonyl (C=O) groups is 1. The molecule has 0 bridgehead atoms. The first-order valence-electron chi connectivity index (χ1n) is 6.03. The summed E-state index contributed by atoms with van der Waals surface area (Å²) in [4.78, 5) is 11.9. The molecule has 0 saturated heterocycles. The number of nitrogens with two attached hydrogens (primary N) is 1. The first-order valence-corrected chi connectivity index (χ1v) is 6.03. The summed E-state index contributed by atoms with van der Waals surface area (Å²) < 4.78 is 5.56. The zero-order valence-corrected chi connectivity index (χ0v) is 10.8. The minimum atomic E-state index is 0.114. The number of rotatable bonds is 6. The van der Waals surface area contributed by atoms with Gasteiger partial charge in [0.1, 0.15) is 5.75 Å². The van der Waals surface area contributed by atoms with Gasteiger partial charge in [-0.25, -0.2) is 0 Å². The van der Waals surface area contributed by atoms with Gasteiger partial charge in [-0.15, -0.1) is 0 Å². The van der Waals surface area contributed by atoms with Crippen LogP contribution < -0.4 is 10.5 Å². The van der Waals surface area contributed by atoms with Crippen molar-refractivity contribution in [1.29, 1.82) is 0 Å². The zero-order valence-electron chi connectivity index (χ0n) is 10.8. The van der Waals surface area contributed by atoms with Gasteiger partial charge in [-0.05, 0) is 38.4 Å². The van der Waals surface area contributed by atoms with Crippen LogP contribution in [-0.2, 0) is 0 Å². The van der Waals surface area contributed by atoms with E-state index in [9.17, 15) is 4.79 Å². The van der Waals surface area contributed by atoms with Gasteiger partial charge in [-0.2, -0.15) is 0 Å². The molecule has 1 aromatic rings. The van der Waals surface area contributed by atoms with Gasteiger partial charge < -0.3 is 10.5 Å². The van der Waals surface area contributed by atoms with E-state index < -0.39 is 0 Å². The van der Waals surface area contributed by atoms with Crippen molar-refractivity contribution < 1.29 is 9.53 Å². The lowest BCUT2D eigenvalue weighted by Gasteiger charge is -2.11. The predicted molar refractivity (Wildman–Crippen MR) is 69.4 cm³/mol. The van der Waals surface area contributed by atoms with E-state index in [2.05, 4.69) is 0 Å². The Bertz CT molecular complexity index is 374. The minimum Gasteiger partial charge on any atom is -0.491 e. The van der Waals surface area contributed by atoms with E-state index in [1.54, 1.807) is 6.07 Å². The lowest BCUT2D eigenvalue weighted by atomic mass is 10.00. The number of carbonyl (C=O) groups excluding carboxylic acids is 1. The highest BCUT2D eigenvalue weighted by molar-refractivity contribution is 5.96. The van der Waals surface area contributed by atoms with Crippen molar-refractivity contribution in [2.75, 3.05) is 6.54 Å². The Morgan fingerprint density at radius 3 is 2.65 bits per heavy atom. The molecule has 17 heavy (non-hydrogen) atoms. The van der Waals surface area contributed by atoms with Gasteiger partial charge in [0.15, 0.2) is 5.78 Å². The molecule has 1 rings (SSSR count). The number of hydrogen-bond donors (Lipinski definition) is 1. The molecule has 0 spiro atoms. The third-order valence-electron chi connectivity index (χ3n) is 2.46. The second-order valence-corrected chi connectivity index (χ2v) is 4.66. The first-order chi connectivity index (χ1) is 8.02. The van der Waals surface area contributed by atoms with Gasteiger partial charge >= 0.3 is 0 Å². The summed E-state index contributed by atoms with van der Waals surface area (Å²) in [6, 6.07) is 7.32. The van der Waals surface area contributed by atoms with Crippen molar-refractivity contribution in [3.8, 4) is 5.75 Å². The maximum atomic E-state index is 11.9. The van der Waals surface area contributed by atoms with E-state index in [4.69, 9.17) is 10.5 Å². The summed E-state index contributed by atoms with van der Waals surface area (Å²) in [5.41, 5.74) is 6.21. The molecule has 1 aromatic carbocycles. The van der Waals surface area contributed by atoms with Crippen LogP contribution in [0.15, 0.2) is 24.3 Å². The van der Waals surface area contributed by atoms with Gasteiger partial charge in [-0.1, -0.05) is 19.1 Å². The van der Waals surface area contributed by atoms with Crippen LogP contribution in [0.5, 0.6) is 5.75 Å². The molecule has 2 N–H and O–H groups in total.